The lowest BCUT2D eigenvalue weighted by molar-refractivity contribution is 0.0696. The molecule has 2 N–H and O–H groups in total. The van der Waals surface area contributed by atoms with Crippen molar-refractivity contribution in [1.82, 2.24) is 4.98 Å². The largest absolute Gasteiger partial charge is 0.478 e. The summed E-state index contributed by atoms with van der Waals surface area (Å²) in [6, 6.07) is 1.47. The lowest BCUT2D eigenvalue weighted by Gasteiger charge is -2.23. The number of aliphatic hydroxyl groups excluding tert-OH is 1. The number of hydrogen-bond donors (Lipinski definition) is 2. The van der Waals surface area contributed by atoms with Crippen LogP contribution in [0.5, 0.6) is 0 Å². The number of allylic oxidation sites excluding steroid dienone is 2. The molecule has 0 bridgehead atoms. The van der Waals surface area contributed by atoms with Crippen LogP contribution in [0.1, 0.15) is 22.8 Å². The first kappa shape index (κ1) is 12.8. The van der Waals surface area contributed by atoms with Gasteiger partial charge in [0.2, 0.25) is 0 Å². The summed E-state index contributed by atoms with van der Waals surface area (Å²) in [5, 5.41) is 18.8. The Morgan fingerprint density at radius 1 is 1.50 bits per heavy atom. The van der Waals surface area contributed by atoms with Gasteiger partial charge in [-0.1, -0.05) is 18.2 Å². The molecule has 1 aromatic heterocycles. The fourth-order valence-corrected chi connectivity index (χ4v) is 1.98. The zero-order chi connectivity index (χ0) is 13.3. The smallest absolute Gasteiger partial charge is 0.337 e. The van der Waals surface area contributed by atoms with Crippen LogP contribution in [-0.4, -0.2) is 32.1 Å². The molecule has 0 amide bonds. The first-order valence-electron chi connectivity index (χ1n) is 5.37. The molecular formula is C13H12ClNO3. The third-order valence-electron chi connectivity index (χ3n) is 2.68. The number of rotatable bonds is 2. The quantitative estimate of drug-likeness (QED) is 0.635. The Morgan fingerprint density at radius 2 is 2.22 bits per heavy atom. The zero-order valence-corrected chi connectivity index (χ0v) is 10.4. The van der Waals surface area contributed by atoms with E-state index in [9.17, 15) is 9.90 Å². The van der Waals surface area contributed by atoms with E-state index in [4.69, 9.17) is 16.7 Å². The number of carboxylic acids is 1. The highest BCUT2D eigenvalue weighted by atomic mass is 35.5. The number of aliphatic hydroxyl groups is 1. The van der Waals surface area contributed by atoms with E-state index in [1.807, 2.05) is 0 Å². The van der Waals surface area contributed by atoms with Crippen LogP contribution in [0.3, 0.4) is 0 Å². The third-order valence-corrected chi connectivity index (χ3v) is 2.91. The van der Waals surface area contributed by atoms with E-state index in [1.54, 1.807) is 25.2 Å². The van der Waals surface area contributed by atoms with Gasteiger partial charge in [-0.2, -0.15) is 0 Å². The lowest BCUT2D eigenvalue weighted by atomic mass is 9.91. The van der Waals surface area contributed by atoms with Gasteiger partial charge in [0.25, 0.3) is 0 Å². The van der Waals surface area contributed by atoms with Gasteiger partial charge in [-0.15, -0.1) is 11.6 Å². The van der Waals surface area contributed by atoms with Crippen LogP contribution in [0.25, 0.3) is 5.57 Å². The van der Waals surface area contributed by atoms with Gasteiger partial charge in [0.1, 0.15) is 0 Å². The maximum Gasteiger partial charge on any atom is 0.337 e. The predicted molar refractivity (Wildman–Crippen MR) is 68.6 cm³/mol. The number of carbonyl (C=O) groups is 1. The minimum atomic E-state index is -1.06. The molecule has 1 heterocycles. The summed E-state index contributed by atoms with van der Waals surface area (Å²) >= 11 is 6.17. The molecule has 1 aliphatic rings. The molecule has 0 spiro atoms. The van der Waals surface area contributed by atoms with Crippen molar-refractivity contribution in [2.45, 2.75) is 17.9 Å². The Hall–Kier alpha value is -1.65. The average Bonchev–Trinajstić information content (AvgIpc) is 2.32. The summed E-state index contributed by atoms with van der Waals surface area (Å²) in [4.78, 5) is 14.1. The monoisotopic (exact) mass is 265 g/mol. The third kappa shape index (κ3) is 2.60. The summed E-state index contributed by atoms with van der Waals surface area (Å²) in [5.41, 5.74) is 1.19. The highest BCUT2D eigenvalue weighted by molar-refractivity contribution is 6.27. The van der Waals surface area contributed by atoms with Crippen molar-refractivity contribution in [2.24, 2.45) is 0 Å². The Bertz CT molecular complexity index is 549. The van der Waals surface area contributed by atoms with Gasteiger partial charge in [0.15, 0.2) is 0 Å². The number of aromatic nitrogens is 1. The second-order valence-electron chi connectivity index (χ2n) is 4.32. The van der Waals surface area contributed by atoms with E-state index in [-0.39, 0.29) is 5.56 Å². The van der Waals surface area contributed by atoms with Crippen molar-refractivity contribution < 1.29 is 15.0 Å². The molecule has 2 unspecified atom stereocenters. The number of aromatic carboxylic acids is 1. The van der Waals surface area contributed by atoms with Gasteiger partial charge in [-0.25, -0.2) is 4.79 Å². The Morgan fingerprint density at radius 3 is 2.89 bits per heavy atom. The highest BCUT2D eigenvalue weighted by Gasteiger charge is 2.24. The van der Waals surface area contributed by atoms with Crippen molar-refractivity contribution in [2.75, 3.05) is 0 Å². The Kier molecular flexibility index (Phi) is 3.24. The van der Waals surface area contributed by atoms with Crippen molar-refractivity contribution in [3.63, 3.8) is 0 Å². The van der Waals surface area contributed by atoms with Crippen molar-refractivity contribution in [1.29, 1.82) is 0 Å². The molecular weight excluding hydrogens is 254 g/mol. The summed E-state index contributed by atoms with van der Waals surface area (Å²) in [5.74, 6) is -1.06. The maximum absolute atomic E-state index is 10.9. The summed E-state index contributed by atoms with van der Waals surface area (Å²) in [7, 11) is 0. The number of nitrogens with zero attached hydrogens (tertiary/aromatic N) is 1. The number of alkyl halides is 1. The predicted octanol–water partition coefficient (Wildman–Crippen LogP) is 2.09. The van der Waals surface area contributed by atoms with Crippen molar-refractivity contribution in [3.8, 4) is 0 Å². The molecule has 0 saturated carbocycles. The molecule has 0 fully saturated rings. The van der Waals surface area contributed by atoms with Crippen LogP contribution in [0.2, 0.25) is 0 Å². The molecule has 0 saturated heterocycles. The van der Waals surface area contributed by atoms with E-state index in [2.05, 4.69) is 4.98 Å². The first-order chi connectivity index (χ1) is 8.39. The van der Waals surface area contributed by atoms with Crippen LogP contribution in [-0.2, 0) is 0 Å². The summed E-state index contributed by atoms with van der Waals surface area (Å²) in [6.45, 7) is 1.78. The molecule has 18 heavy (non-hydrogen) atoms. The first-order valence-corrected chi connectivity index (χ1v) is 5.75. The van der Waals surface area contributed by atoms with Crippen LogP contribution < -0.4 is 0 Å². The molecule has 5 heteroatoms. The number of hydrogen-bond acceptors (Lipinski definition) is 3. The Balaban J connectivity index is 2.45. The fourth-order valence-electron chi connectivity index (χ4n) is 1.79. The van der Waals surface area contributed by atoms with E-state index in [0.717, 1.165) is 0 Å². The van der Waals surface area contributed by atoms with Gasteiger partial charge in [0, 0.05) is 12.4 Å². The minimum Gasteiger partial charge on any atom is -0.478 e. The Labute approximate surface area is 109 Å². The normalized spacial score (nSPS) is 26.8. The molecule has 2 atom stereocenters. The van der Waals surface area contributed by atoms with E-state index >= 15 is 0 Å². The molecule has 1 aromatic rings. The van der Waals surface area contributed by atoms with E-state index in [1.165, 1.54) is 18.5 Å². The van der Waals surface area contributed by atoms with Gasteiger partial charge >= 0.3 is 5.97 Å². The minimum absolute atomic E-state index is 0.0754. The van der Waals surface area contributed by atoms with Gasteiger partial charge < -0.3 is 10.2 Å². The molecule has 2 rings (SSSR count). The van der Waals surface area contributed by atoms with Crippen LogP contribution >= 0.6 is 11.6 Å². The number of pyridine rings is 1. The molecule has 0 radical (unpaired) electrons. The molecule has 1 aliphatic carbocycles. The summed E-state index contributed by atoms with van der Waals surface area (Å²) < 4.78 is 0. The standard InChI is InChI=1S/C13H12ClNO3/c1-13(14)3-2-11(16)10(5-13)8-4-9(12(17)18)7-15-6-8/h2-7,11,16H,1H3,(H,17,18). The maximum atomic E-state index is 10.9. The van der Waals surface area contributed by atoms with Crippen LogP contribution in [0.15, 0.2) is 36.7 Å². The van der Waals surface area contributed by atoms with Crippen molar-refractivity contribution in [3.05, 3.63) is 47.8 Å². The fraction of sp³-hybridized carbons (Fsp3) is 0.231. The second-order valence-corrected chi connectivity index (χ2v) is 5.14. The molecule has 94 valence electrons. The lowest BCUT2D eigenvalue weighted by Crippen LogP contribution is -2.20. The summed E-state index contributed by atoms with van der Waals surface area (Å²) in [6.07, 6.45) is 6.93. The SMILES string of the molecule is CC1(Cl)C=CC(O)C(c2cncc(C(=O)O)c2)=C1. The topological polar surface area (TPSA) is 70.4 Å². The van der Waals surface area contributed by atoms with E-state index in [0.29, 0.717) is 11.1 Å². The zero-order valence-electron chi connectivity index (χ0n) is 9.67. The van der Waals surface area contributed by atoms with Crippen molar-refractivity contribution >= 4 is 23.1 Å². The van der Waals surface area contributed by atoms with Gasteiger partial charge in [0.05, 0.1) is 16.5 Å². The second kappa shape index (κ2) is 4.55. The number of carboxylic acid groups (broad SMARTS) is 1. The number of halogens is 1. The van der Waals surface area contributed by atoms with E-state index < -0.39 is 16.9 Å². The van der Waals surface area contributed by atoms with Gasteiger partial charge in [-0.05, 0) is 24.1 Å². The molecule has 0 aromatic carbocycles. The van der Waals surface area contributed by atoms with Crippen LogP contribution in [0.4, 0.5) is 0 Å². The van der Waals surface area contributed by atoms with Crippen LogP contribution in [0, 0.1) is 0 Å². The van der Waals surface area contributed by atoms with Gasteiger partial charge in [-0.3, -0.25) is 4.98 Å². The highest BCUT2D eigenvalue weighted by Crippen LogP contribution is 2.31. The molecule has 4 nitrogen and oxygen atoms in total. The average molecular weight is 266 g/mol. The molecule has 0 aliphatic heterocycles.